The molecule has 2 saturated heterocycles. The molecule has 2 nitrogen and oxygen atoms in total. The van der Waals surface area contributed by atoms with Crippen molar-refractivity contribution in [2.75, 3.05) is 19.7 Å². The first-order valence-electron chi connectivity index (χ1n) is 6.28. The molecule has 16 heavy (non-hydrogen) atoms. The van der Waals surface area contributed by atoms with E-state index in [4.69, 9.17) is 4.74 Å². The Bertz CT molecular complexity index is 343. The Kier molecular flexibility index (Phi) is 2.70. The van der Waals surface area contributed by atoms with Gasteiger partial charge in [-0.15, -0.1) is 0 Å². The van der Waals surface area contributed by atoms with E-state index in [1.54, 1.807) is 0 Å². The molecule has 2 heteroatoms. The number of hydrogen-bond donors (Lipinski definition) is 1. The maximum atomic E-state index is 6.11. The van der Waals surface area contributed by atoms with E-state index in [2.05, 4.69) is 35.6 Å². The van der Waals surface area contributed by atoms with E-state index in [1.807, 2.05) is 0 Å². The first kappa shape index (κ1) is 10.3. The Morgan fingerprint density at radius 1 is 1.12 bits per heavy atom. The van der Waals surface area contributed by atoms with Crippen molar-refractivity contribution in [1.29, 1.82) is 0 Å². The molecule has 0 radical (unpaired) electrons. The number of hydrogen-bond acceptors (Lipinski definition) is 2. The minimum Gasteiger partial charge on any atom is -0.374 e. The van der Waals surface area contributed by atoms with Crippen molar-refractivity contribution < 1.29 is 4.74 Å². The summed E-state index contributed by atoms with van der Waals surface area (Å²) in [7, 11) is 0. The predicted octanol–water partition coefficient (Wildman–Crippen LogP) is 2.31. The lowest BCUT2D eigenvalue weighted by Gasteiger charge is -2.33. The standard InChI is InChI=1S/C14H19NO/c1-2-4-12(5-3-1)13-10-14(16-11-13)6-8-15-9-7-14/h1-5,13,15H,6-11H2. The van der Waals surface area contributed by atoms with E-state index in [-0.39, 0.29) is 5.60 Å². The van der Waals surface area contributed by atoms with E-state index in [0.717, 1.165) is 19.7 Å². The van der Waals surface area contributed by atoms with Crippen molar-refractivity contribution in [3.05, 3.63) is 35.9 Å². The Hall–Kier alpha value is -0.860. The molecule has 3 rings (SSSR count). The summed E-state index contributed by atoms with van der Waals surface area (Å²) in [5.41, 5.74) is 1.63. The number of benzene rings is 1. The van der Waals surface area contributed by atoms with Gasteiger partial charge in [0.2, 0.25) is 0 Å². The van der Waals surface area contributed by atoms with E-state index >= 15 is 0 Å². The summed E-state index contributed by atoms with van der Waals surface area (Å²) in [6.07, 6.45) is 3.56. The topological polar surface area (TPSA) is 21.3 Å². The SMILES string of the molecule is c1ccc(C2COC3(CCNCC3)C2)cc1. The maximum Gasteiger partial charge on any atom is 0.0713 e. The van der Waals surface area contributed by atoms with Crippen molar-refractivity contribution in [1.82, 2.24) is 5.32 Å². The molecule has 2 aliphatic heterocycles. The lowest BCUT2D eigenvalue weighted by molar-refractivity contribution is -0.0193. The summed E-state index contributed by atoms with van der Waals surface area (Å²) >= 11 is 0. The molecule has 2 heterocycles. The molecule has 1 aromatic rings. The fourth-order valence-electron chi connectivity index (χ4n) is 3.01. The van der Waals surface area contributed by atoms with Crippen LogP contribution in [-0.2, 0) is 4.74 Å². The summed E-state index contributed by atoms with van der Waals surface area (Å²) in [5.74, 6) is 0.610. The largest absolute Gasteiger partial charge is 0.374 e. The van der Waals surface area contributed by atoms with Crippen molar-refractivity contribution in [2.45, 2.75) is 30.8 Å². The van der Waals surface area contributed by atoms with E-state index in [1.165, 1.54) is 24.8 Å². The van der Waals surface area contributed by atoms with Crippen LogP contribution in [0.25, 0.3) is 0 Å². The Morgan fingerprint density at radius 2 is 1.88 bits per heavy atom. The maximum absolute atomic E-state index is 6.11. The van der Waals surface area contributed by atoms with Gasteiger partial charge in [-0.25, -0.2) is 0 Å². The molecular weight excluding hydrogens is 198 g/mol. The minimum absolute atomic E-state index is 0.186. The lowest BCUT2D eigenvalue weighted by Crippen LogP contribution is -2.41. The van der Waals surface area contributed by atoms with Crippen molar-refractivity contribution in [3.8, 4) is 0 Å². The molecule has 1 unspecified atom stereocenters. The zero-order valence-corrected chi connectivity index (χ0v) is 9.61. The Labute approximate surface area is 97.0 Å². The van der Waals surface area contributed by atoms with E-state index < -0.39 is 0 Å². The van der Waals surface area contributed by atoms with Crippen LogP contribution in [0.4, 0.5) is 0 Å². The first-order valence-corrected chi connectivity index (χ1v) is 6.28. The Balaban J connectivity index is 1.73. The van der Waals surface area contributed by atoms with E-state index in [0.29, 0.717) is 5.92 Å². The van der Waals surface area contributed by atoms with Crippen molar-refractivity contribution in [3.63, 3.8) is 0 Å². The van der Waals surface area contributed by atoms with Gasteiger partial charge in [0.05, 0.1) is 12.2 Å². The van der Waals surface area contributed by atoms with Crippen LogP contribution < -0.4 is 5.32 Å². The monoisotopic (exact) mass is 217 g/mol. The molecule has 86 valence electrons. The third-order valence-corrected chi connectivity index (χ3v) is 3.99. The van der Waals surface area contributed by atoms with Gasteiger partial charge in [-0.05, 0) is 37.9 Å². The van der Waals surface area contributed by atoms with Gasteiger partial charge < -0.3 is 10.1 Å². The number of rotatable bonds is 1. The average Bonchev–Trinajstić information content (AvgIpc) is 2.75. The third kappa shape index (κ3) is 1.87. The van der Waals surface area contributed by atoms with Gasteiger partial charge in [-0.2, -0.15) is 0 Å². The number of ether oxygens (including phenoxy) is 1. The second-order valence-corrected chi connectivity index (χ2v) is 5.06. The smallest absolute Gasteiger partial charge is 0.0713 e. The summed E-state index contributed by atoms with van der Waals surface area (Å²) in [6.45, 7) is 3.13. The molecular formula is C14H19NO. The van der Waals surface area contributed by atoms with Crippen LogP contribution in [0.1, 0.15) is 30.7 Å². The van der Waals surface area contributed by atoms with Crippen LogP contribution in [0, 0.1) is 0 Å². The molecule has 1 aromatic carbocycles. The highest BCUT2D eigenvalue weighted by Gasteiger charge is 2.41. The molecule has 1 atom stereocenters. The van der Waals surface area contributed by atoms with Crippen LogP contribution >= 0.6 is 0 Å². The molecule has 0 bridgehead atoms. The lowest BCUT2D eigenvalue weighted by atomic mass is 9.84. The summed E-state index contributed by atoms with van der Waals surface area (Å²) in [4.78, 5) is 0. The van der Waals surface area contributed by atoms with Gasteiger partial charge in [0.25, 0.3) is 0 Å². The van der Waals surface area contributed by atoms with Gasteiger partial charge >= 0.3 is 0 Å². The normalized spacial score (nSPS) is 28.4. The summed E-state index contributed by atoms with van der Waals surface area (Å²) < 4.78 is 6.11. The van der Waals surface area contributed by atoms with Crippen molar-refractivity contribution >= 4 is 0 Å². The van der Waals surface area contributed by atoms with Crippen LogP contribution in [0.3, 0.4) is 0 Å². The van der Waals surface area contributed by atoms with Crippen LogP contribution in [0.15, 0.2) is 30.3 Å². The highest BCUT2D eigenvalue weighted by Crippen LogP contribution is 2.41. The van der Waals surface area contributed by atoms with Gasteiger partial charge in [0, 0.05) is 5.92 Å². The molecule has 2 fully saturated rings. The zero-order chi connectivity index (χ0) is 10.8. The van der Waals surface area contributed by atoms with Crippen LogP contribution in [-0.4, -0.2) is 25.3 Å². The number of piperidine rings is 1. The molecule has 1 spiro atoms. The third-order valence-electron chi connectivity index (χ3n) is 3.99. The highest BCUT2D eigenvalue weighted by molar-refractivity contribution is 5.21. The molecule has 0 aromatic heterocycles. The molecule has 1 N–H and O–H groups in total. The van der Waals surface area contributed by atoms with Gasteiger partial charge in [-0.3, -0.25) is 0 Å². The predicted molar refractivity (Wildman–Crippen MR) is 64.6 cm³/mol. The van der Waals surface area contributed by atoms with Crippen molar-refractivity contribution in [2.24, 2.45) is 0 Å². The minimum atomic E-state index is 0.186. The first-order chi connectivity index (χ1) is 7.88. The average molecular weight is 217 g/mol. The molecule has 0 saturated carbocycles. The summed E-state index contributed by atoms with van der Waals surface area (Å²) in [5, 5.41) is 3.41. The summed E-state index contributed by atoms with van der Waals surface area (Å²) in [6, 6.07) is 10.8. The zero-order valence-electron chi connectivity index (χ0n) is 9.61. The van der Waals surface area contributed by atoms with Crippen LogP contribution in [0.5, 0.6) is 0 Å². The Morgan fingerprint density at radius 3 is 2.62 bits per heavy atom. The molecule has 2 aliphatic rings. The molecule has 0 amide bonds. The van der Waals surface area contributed by atoms with Crippen LogP contribution in [0.2, 0.25) is 0 Å². The van der Waals surface area contributed by atoms with Gasteiger partial charge in [-0.1, -0.05) is 30.3 Å². The van der Waals surface area contributed by atoms with E-state index in [9.17, 15) is 0 Å². The van der Waals surface area contributed by atoms with Gasteiger partial charge in [0.1, 0.15) is 0 Å². The van der Waals surface area contributed by atoms with Gasteiger partial charge in [0.15, 0.2) is 0 Å². The number of nitrogens with one attached hydrogen (secondary N) is 1. The highest BCUT2D eigenvalue weighted by atomic mass is 16.5. The molecule has 0 aliphatic carbocycles. The second-order valence-electron chi connectivity index (χ2n) is 5.06. The second kappa shape index (κ2) is 4.19. The quantitative estimate of drug-likeness (QED) is 0.779. The fraction of sp³-hybridized carbons (Fsp3) is 0.571. The fourth-order valence-corrected chi connectivity index (χ4v) is 3.01.